The molecule has 1 aromatic carbocycles. The quantitative estimate of drug-likeness (QED) is 0.372. The number of primary amides is 1. The number of ketones is 4. The summed E-state index contributed by atoms with van der Waals surface area (Å²) in [6, 6.07) is -0.413. The van der Waals surface area contributed by atoms with Crippen LogP contribution in [0.4, 0.5) is 13.2 Å². The van der Waals surface area contributed by atoms with Gasteiger partial charge in [0.1, 0.15) is 5.75 Å². The Morgan fingerprint density at radius 3 is 2.36 bits per heavy atom. The predicted molar refractivity (Wildman–Crippen MR) is 126 cm³/mol. The number of nitrogens with two attached hydrogens (primary N) is 1. The van der Waals surface area contributed by atoms with Crippen molar-refractivity contribution in [1.82, 2.24) is 10.2 Å². The second kappa shape index (κ2) is 8.93. The van der Waals surface area contributed by atoms with Gasteiger partial charge in [0.15, 0.2) is 34.7 Å². The third-order valence-electron chi connectivity index (χ3n) is 8.59. The SMILES string of the molecule is CN(C)[C@@H]1C(=O)C(C(N)=O)C(=O)[C@@]2(O)C(=O)C3C(=O)c4c(O)cc(CNC5CC5)c(C(F)(F)F)c4C[C@H]3C[C@@H]12. The van der Waals surface area contributed by atoms with E-state index in [1.807, 2.05) is 0 Å². The average Bonchev–Trinajstić information content (AvgIpc) is 3.63. The van der Waals surface area contributed by atoms with Crippen LogP contribution in [0.15, 0.2) is 6.07 Å². The maximum Gasteiger partial charge on any atom is 0.417 e. The number of Topliss-reactive ketones (excluding diaryl/α,β-unsaturated/α-hetero) is 4. The summed E-state index contributed by atoms with van der Waals surface area (Å²) in [5.41, 5.74) is -0.117. The summed E-state index contributed by atoms with van der Waals surface area (Å²) in [6.45, 7) is -0.190. The number of benzene rings is 1. The minimum atomic E-state index is -4.89. The standard InChI is InChI=1S/C26H28F3N3O7/c1-32(2)19-13-6-9-5-12-16(14(33)7-10(8-31-11-3-4-11)18(12)26(27,28)29)20(34)15(9)22(36)25(13,39)23(37)17(21(19)35)24(30)38/h7,9,11,13,15,17,19,31,33,39H,3-6,8H2,1-2H3,(H2,30,38)/t9-,13-,15?,17?,19-,25-/m0/s1. The molecule has 13 heteroatoms. The van der Waals surface area contributed by atoms with Crippen LogP contribution in [0.25, 0.3) is 0 Å². The Balaban J connectivity index is 1.64. The number of phenols is 1. The molecule has 0 heterocycles. The first-order valence-electron chi connectivity index (χ1n) is 12.6. The Morgan fingerprint density at radius 2 is 1.82 bits per heavy atom. The molecular formula is C26H28F3N3O7. The lowest BCUT2D eigenvalue weighted by Gasteiger charge is -2.52. The van der Waals surface area contributed by atoms with E-state index in [2.05, 4.69) is 5.32 Å². The van der Waals surface area contributed by atoms with Gasteiger partial charge in [-0.05, 0) is 62.9 Å². The third-order valence-corrected chi connectivity index (χ3v) is 8.59. The van der Waals surface area contributed by atoms with Gasteiger partial charge < -0.3 is 21.3 Å². The number of aromatic hydroxyl groups is 1. The Hall–Kier alpha value is -3.16. The molecule has 0 bridgehead atoms. The monoisotopic (exact) mass is 551 g/mol. The molecule has 3 saturated carbocycles. The number of amides is 1. The maximum atomic E-state index is 14.4. The van der Waals surface area contributed by atoms with Gasteiger partial charge in [0.2, 0.25) is 5.91 Å². The molecule has 10 nitrogen and oxygen atoms in total. The molecule has 6 atom stereocenters. The van der Waals surface area contributed by atoms with E-state index in [1.165, 1.54) is 19.0 Å². The number of hydrogen-bond donors (Lipinski definition) is 4. The van der Waals surface area contributed by atoms with Crippen LogP contribution in [0, 0.1) is 23.7 Å². The maximum absolute atomic E-state index is 14.4. The Kier molecular flexibility index (Phi) is 6.28. The number of phenolic OH excluding ortho intramolecular Hbond substituents is 1. The Morgan fingerprint density at radius 1 is 1.18 bits per heavy atom. The van der Waals surface area contributed by atoms with Gasteiger partial charge in [0, 0.05) is 18.5 Å². The number of nitrogens with zero attached hydrogens (tertiary/aromatic N) is 1. The number of hydrogen-bond acceptors (Lipinski definition) is 9. The number of carbonyl (C=O) groups is 5. The molecule has 39 heavy (non-hydrogen) atoms. The van der Waals surface area contributed by atoms with Gasteiger partial charge in [-0.25, -0.2) is 0 Å². The first kappa shape index (κ1) is 27.4. The van der Waals surface area contributed by atoms with Crippen molar-refractivity contribution < 1.29 is 47.4 Å². The first-order valence-corrected chi connectivity index (χ1v) is 12.6. The highest BCUT2D eigenvalue weighted by Gasteiger charge is 2.69. The molecule has 210 valence electrons. The topological polar surface area (TPSA) is 167 Å². The zero-order chi connectivity index (χ0) is 28.8. The van der Waals surface area contributed by atoms with Gasteiger partial charge in [-0.2, -0.15) is 13.2 Å². The summed E-state index contributed by atoms with van der Waals surface area (Å²) in [6.07, 6.45) is -4.04. The number of rotatable bonds is 5. The van der Waals surface area contributed by atoms with E-state index >= 15 is 0 Å². The fraction of sp³-hybridized carbons (Fsp3) is 0.577. The molecule has 1 amide bonds. The third kappa shape index (κ3) is 4.01. The molecule has 0 aliphatic heterocycles. The Bertz CT molecular complexity index is 1320. The van der Waals surface area contributed by atoms with Gasteiger partial charge in [0.25, 0.3) is 0 Å². The highest BCUT2D eigenvalue weighted by molar-refractivity contribution is 6.32. The zero-order valence-corrected chi connectivity index (χ0v) is 21.2. The molecule has 0 aromatic heterocycles. The summed E-state index contributed by atoms with van der Waals surface area (Å²) in [4.78, 5) is 67.0. The molecule has 4 aliphatic rings. The largest absolute Gasteiger partial charge is 0.507 e. The van der Waals surface area contributed by atoms with E-state index in [9.17, 15) is 47.4 Å². The van der Waals surface area contributed by atoms with E-state index in [4.69, 9.17) is 5.73 Å². The van der Waals surface area contributed by atoms with E-state index in [0.29, 0.717) is 0 Å². The molecule has 2 unspecified atom stereocenters. The van der Waals surface area contributed by atoms with Crippen LogP contribution < -0.4 is 11.1 Å². The van der Waals surface area contributed by atoms with Crippen molar-refractivity contribution in [3.05, 3.63) is 28.3 Å². The molecule has 3 fully saturated rings. The molecular weight excluding hydrogens is 523 g/mol. The van der Waals surface area contributed by atoms with Gasteiger partial charge >= 0.3 is 6.18 Å². The van der Waals surface area contributed by atoms with Crippen LogP contribution in [-0.2, 0) is 38.3 Å². The smallest absolute Gasteiger partial charge is 0.417 e. The average molecular weight is 552 g/mol. The van der Waals surface area contributed by atoms with Gasteiger partial charge in [-0.1, -0.05) is 0 Å². The highest BCUT2D eigenvalue weighted by atomic mass is 19.4. The molecule has 5 rings (SSSR count). The van der Waals surface area contributed by atoms with Crippen LogP contribution in [0.1, 0.15) is 46.3 Å². The van der Waals surface area contributed by atoms with Crippen molar-refractivity contribution in [2.24, 2.45) is 29.4 Å². The van der Waals surface area contributed by atoms with Crippen molar-refractivity contribution in [2.75, 3.05) is 14.1 Å². The number of alkyl halides is 3. The van der Waals surface area contributed by atoms with E-state index in [0.717, 1.165) is 18.9 Å². The Labute approximate surface area is 220 Å². The van der Waals surface area contributed by atoms with E-state index in [-0.39, 0.29) is 24.6 Å². The molecule has 0 saturated heterocycles. The fourth-order valence-corrected chi connectivity index (χ4v) is 6.78. The summed E-state index contributed by atoms with van der Waals surface area (Å²) >= 11 is 0. The number of nitrogens with one attached hydrogen (secondary N) is 1. The number of fused-ring (bicyclic) bond motifs is 3. The summed E-state index contributed by atoms with van der Waals surface area (Å²) < 4.78 is 43.2. The minimum Gasteiger partial charge on any atom is -0.507 e. The van der Waals surface area contributed by atoms with Crippen LogP contribution in [0.3, 0.4) is 0 Å². The minimum absolute atomic E-state index is 0.0671. The van der Waals surface area contributed by atoms with Crippen LogP contribution in [-0.4, -0.2) is 75.9 Å². The van der Waals surface area contributed by atoms with Crippen molar-refractivity contribution in [3.8, 4) is 5.75 Å². The molecule has 0 radical (unpaired) electrons. The number of aliphatic hydroxyl groups is 1. The lowest BCUT2D eigenvalue weighted by molar-refractivity contribution is -0.181. The number of halogens is 3. The highest BCUT2D eigenvalue weighted by Crippen LogP contribution is 2.52. The molecule has 4 aliphatic carbocycles. The molecule has 5 N–H and O–H groups in total. The van der Waals surface area contributed by atoms with E-state index in [1.54, 1.807) is 0 Å². The van der Waals surface area contributed by atoms with Gasteiger partial charge in [-0.3, -0.25) is 28.9 Å². The summed E-state index contributed by atoms with van der Waals surface area (Å²) in [5, 5.41) is 25.2. The van der Waals surface area contributed by atoms with Gasteiger partial charge in [0.05, 0.1) is 23.1 Å². The van der Waals surface area contributed by atoms with Crippen LogP contribution in [0.2, 0.25) is 0 Å². The number of likely N-dealkylation sites (N-methyl/N-ethyl adjacent to an activating group) is 1. The van der Waals surface area contributed by atoms with Crippen LogP contribution >= 0.6 is 0 Å². The van der Waals surface area contributed by atoms with Crippen molar-refractivity contribution in [2.45, 2.75) is 56.1 Å². The molecule has 1 aromatic rings. The number of carbonyl (C=O) groups excluding carboxylic acids is 5. The van der Waals surface area contributed by atoms with Crippen molar-refractivity contribution in [1.29, 1.82) is 0 Å². The second-order valence-electron chi connectivity index (χ2n) is 11.2. The fourth-order valence-electron chi connectivity index (χ4n) is 6.78. The van der Waals surface area contributed by atoms with Crippen molar-refractivity contribution >= 4 is 29.0 Å². The first-order chi connectivity index (χ1) is 18.1. The predicted octanol–water partition coefficient (Wildman–Crippen LogP) is 0.138. The lowest BCUT2D eigenvalue weighted by Crippen LogP contribution is -2.74. The summed E-state index contributed by atoms with van der Waals surface area (Å²) in [5.74, 6) is -13.3. The second-order valence-corrected chi connectivity index (χ2v) is 11.2. The molecule has 0 spiro atoms. The normalized spacial score (nSPS) is 32.6. The van der Waals surface area contributed by atoms with Crippen LogP contribution in [0.5, 0.6) is 5.75 Å². The summed E-state index contributed by atoms with van der Waals surface area (Å²) in [7, 11) is 2.85. The van der Waals surface area contributed by atoms with Gasteiger partial charge in [-0.15, -0.1) is 0 Å². The lowest BCUT2D eigenvalue weighted by atomic mass is 9.52. The van der Waals surface area contributed by atoms with Crippen molar-refractivity contribution in [3.63, 3.8) is 0 Å². The zero-order valence-electron chi connectivity index (χ0n) is 21.2. The van der Waals surface area contributed by atoms with E-state index < -0.39 is 99.4 Å².